The maximum Gasteiger partial charge on any atom is 0.336 e. The summed E-state index contributed by atoms with van der Waals surface area (Å²) in [6.07, 6.45) is 10.0. The van der Waals surface area contributed by atoms with Gasteiger partial charge in [0.15, 0.2) is 5.78 Å². The normalized spacial score (nSPS) is 10.6. The third-order valence-corrected chi connectivity index (χ3v) is 4.79. The standard InChI is InChI=1S/C24H30O4/c1-2-3-4-5-6-7-8-11-18-28-20-16-14-19(15-17-20)23(25)21-12-9-10-13-22(21)24(26)27/h9-10,12-17H,2-8,11,18H2,1H3,(H,26,27). The van der Waals surface area contributed by atoms with E-state index in [0.29, 0.717) is 12.2 Å². The van der Waals surface area contributed by atoms with Crippen molar-refractivity contribution in [3.63, 3.8) is 0 Å². The second-order valence-electron chi connectivity index (χ2n) is 7.03. The van der Waals surface area contributed by atoms with Crippen molar-refractivity contribution in [2.24, 2.45) is 0 Å². The molecule has 0 bridgehead atoms. The number of ketones is 1. The molecule has 28 heavy (non-hydrogen) atoms. The number of benzene rings is 2. The van der Waals surface area contributed by atoms with Gasteiger partial charge in [-0.15, -0.1) is 0 Å². The monoisotopic (exact) mass is 382 g/mol. The van der Waals surface area contributed by atoms with Gasteiger partial charge in [-0.05, 0) is 36.8 Å². The Hall–Kier alpha value is -2.62. The number of unbranched alkanes of at least 4 members (excludes halogenated alkanes) is 7. The molecule has 0 fully saturated rings. The minimum absolute atomic E-state index is 0.0162. The van der Waals surface area contributed by atoms with E-state index >= 15 is 0 Å². The molecule has 1 N–H and O–H groups in total. The van der Waals surface area contributed by atoms with E-state index in [1.165, 1.54) is 51.0 Å². The first-order valence-corrected chi connectivity index (χ1v) is 10.2. The van der Waals surface area contributed by atoms with Crippen molar-refractivity contribution in [2.45, 2.75) is 58.3 Å². The van der Waals surface area contributed by atoms with Gasteiger partial charge in [0, 0.05) is 11.1 Å². The molecule has 2 rings (SSSR count). The fourth-order valence-electron chi connectivity index (χ4n) is 3.15. The lowest BCUT2D eigenvalue weighted by atomic mass is 9.98. The summed E-state index contributed by atoms with van der Waals surface area (Å²) < 4.78 is 5.75. The van der Waals surface area contributed by atoms with E-state index in [2.05, 4.69) is 6.92 Å². The zero-order valence-corrected chi connectivity index (χ0v) is 16.7. The smallest absolute Gasteiger partial charge is 0.336 e. The largest absolute Gasteiger partial charge is 0.494 e. The maximum atomic E-state index is 12.6. The van der Waals surface area contributed by atoms with Crippen LogP contribution in [0.4, 0.5) is 0 Å². The average Bonchev–Trinajstić information content (AvgIpc) is 2.72. The van der Waals surface area contributed by atoms with Crippen LogP contribution in [0.1, 0.15) is 84.6 Å². The fourth-order valence-corrected chi connectivity index (χ4v) is 3.15. The quantitative estimate of drug-likeness (QED) is 0.334. The molecule has 2 aromatic carbocycles. The van der Waals surface area contributed by atoms with Crippen LogP contribution in [-0.4, -0.2) is 23.5 Å². The Morgan fingerprint density at radius 1 is 0.786 bits per heavy atom. The lowest BCUT2D eigenvalue weighted by Crippen LogP contribution is -2.09. The maximum absolute atomic E-state index is 12.6. The van der Waals surface area contributed by atoms with Crippen LogP contribution in [0.15, 0.2) is 48.5 Å². The molecule has 0 heterocycles. The summed E-state index contributed by atoms with van der Waals surface area (Å²) >= 11 is 0. The number of carbonyl (C=O) groups excluding carboxylic acids is 1. The second-order valence-corrected chi connectivity index (χ2v) is 7.03. The molecule has 0 atom stereocenters. The Morgan fingerprint density at radius 3 is 1.96 bits per heavy atom. The van der Waals surface area contributed by atoms with Crippen LogP contribution in [0.5, 0.6) is 5.75 Å². The molecule has 0 saturated carbocycles. The van der Waals surface area contributed by atoms with E-state index in [9.17, 15) is 14.7 Å². The van der Waals surface area contributed by atoms with Gasteiger partial charge in [-0.2, -0.15) is 0 Å². The second kappa shape index (κ2) is 12.0. The van der Waals surface area contributed by atoms with Crippen molar-refractivity contribution >= 4 is 11.8 Å². The van der Waals surface area contributed by atoms with Crippen LogP contribution >= 0.6 is 0 Å². The van der Waals surface area contributed by atoms with Gasteiger partial charge in [0.25, 0.3) is 0 Å². The fraction of sp³-hybridized carbons (Fsp3) is 0.417. The van der Waals surface area contributed by atoms with E-state index < -0.39 is 5.97 Å². The van der Waals surface area contributed by atoms with Gasteiger partial charge in [0.05, 0.1) is 12.2 Å². The van der Waals surface area contributed by atoms with Crippen molar-refractivity contribution in [1.29, 1.82) is 0 Å². The van der Waals surface area contributed by atoms with Crippen molar-refractivity contribution < 1.29 is 19.4 Å². The molecule has 0 aliphatic rings. The number of carbonyl (C=O) groups is 2. The van der Waals surface area contributed by atoms with Crippen LogP contribution in [0.2, 0.25) is 0 Å². The SMILES string of the molecule is CCCCCCCCCCOc1ccc(C(=O)c2ccccc2C(=O)O)cc1. The Balaban J connectivity index is 1.78. The molecule has 2 aromatic rings. The van der Waals surface area contributed by atoms with Gasteiger partial charge in [0.2, 0.25) is 0 Å². The molecule has 0 unspecified atom stereocenters. The first-order chi connectivity index (χ1) is 13.6. The summed E-state index contributed by atoms with van der Waals surface area (Å²) in [7, 11) is 0. The number of aromatic carboxylic acids is 1. The molecule has 0 spiro atoms. The van der Waals surface area contributed by atoms with Gasteiger partial charge < -0.3 is 9.84 Å². The first kappa shape index (κ1) is 21.7. The highest BCUT2D eigenvalue weighted by Crippen LogP contribution is 2.18. The first-order valence-electron chi connectivity index (χ1n) is 10.2. The minimum atomic E-state index is -1.10. The van der Waals surface area contributed by atoms with E-state index in [1.54, 1.807) is 42.5 Å². The zero-order valence-electron chi connectivity index (χ0n) is 16.7. The summed E-state index contributed by atoms with van der Waals surface area (Å²) in [5.74, 6) is -0.673. The number of carboxylic acids is 1. The number of hydrogen-bond acceptors (Lipinski definition) is 3. The topological polar surface area (TPSA) is 63.6 Å². The summed E-state index contributed by atoms with van der Waals surface area (Å²) in [4.78, 5) is 23.9. The van der Waals surface area contributed by atoms with Crippen molar-refractivity contribution in [1.82, 2.24) is 0 Å². The minimum Gasteiger partial charge on any atom is -0.494 e. The average molecular weight is 383 g/mol. The summed E-state index contributed by atoms with van der Waals surface area (Å²) in [5, 5.41) is 9.25. The van der Waals surface area contributed by atoms with Gasteiger partial charge in [-0.3, -0.25) is 4.79 Å². The highest BCUT2D eigenvalue weighted by Gasteiger charge is 2.17. The lowest BCUT2D eigenvalue weighted by molar-refractivity contribution is 0.0693. The molecular weight excluding hydrogens is 352 g/mol. The Bertz CT molecular complexity index is 749. The van der Waals surface area contributed by atoms with Gasteiger partial charge in [0.1, 0.15) is 5.75 Å². The molecule has 0 aromatic heterocycles. The zero-order chi connectivity index (χ0) is 20.2. The van der Waals surface area contributed by atoms with Crippen LogP contribution in [0, 0.1) is 0 Å². The Kier molecular flexibility index (Phi) is 9.26. The van der Waals surface area contributed by atoms with Gasteiger partial charge in [-0.1, -0.05) is 70.1 Å². The third kappa shape index (κ3) is 6.84. The van der Waals surface area contributed by atoms with E-state index in [-0.39, 0.29) is 16.9 Å². The predicted octanol–water partition coefficient (Wildman–Crippen LogP) is 6.14. The van der Waals surface area contributed by atoms with Crippen LogP contribution < -0.4 is 4.74 Å². The van der Waals surface area contributed by atoms with Crippen molar-refractivity contribution in [2.75, 3.05) is 6.61 Å². The van der Waals surface area contributed by atoms with E-state index in [1.807, 2.05) is 0 Å². The molecule has 0 amide bonds. The molecule has 0 aliphatic carbocycles. The van der Waals surface area contributed by atoms with Crippen LogP contribution in [0.25, 0.3) is 0 Å². The highest BCUT2D eigenvalue weighted by molar-refractivity contribution is 6.14. The molecular formula is C24H30O4. The van der Waals surface area contributed by atoms with Crippen LogP contribution in [-0.2, 0) is 0 Å². The molecule has 4 nitrogen and oxygen atoms in total. The van der Waals surface area contributed by atoms with Crippen molar-refractivity contribution in [3.8, 4) is 5.75 Å². The Labute approximate surface area is 167 Å². The van der Waals surface area contributed by atoms with Gasteiger partial charge in [-0.25, -0.2) is 4.79 Å². The number of hydrogen-bond donors (Lipinski definition) is 1. The summed E-state index contributed by atoms with van der Waals surface area (Å²) in [5.41, 5.74) is 0.665. The third-order valence-electron chi connectivity index (χ3n) is 4.79. The lowest BCUT2D eigenvalue weighted by Gasteiger charge is -2.08. The molecule has 150 valence electrons. The number of ether oxygens (including phenoxy) is 1. The molecule has 0 radical (unpaired) electrons. The number of rotatable bonds is 13. The van der Waals surface area contributed by atoms with Gasteiger partial charge >= 0.3 is 5.97 Å². The molecule has 0 aliphatic heterocycles. The summed E-state index contributed by atoms with van der Waals surface area (Å²) in [6.45, 7) is 2.90. The molecule has 4 heteroatoms. The van der Waals surface area contributed by atoms with Crippen LogP contribution in [0.3, 0.4) is 0 Å². The number of carboxylic acid groups (broad SMARTS) is 1. The van der Waals surface area contributed by atoms with E-state index in [0.717, 1.165) is 12.2 Å². The summed E-state index contributed by atoms with van der Waals surface area (Å²) in [6, 6.07) is 13.2. The predicted molar refractivity (Wildman–Crippen MR) is 111 cm³/mol. The Morgan fingerprint density at radius 2 is 1.36 bits per heavy atom. The molecule has 0 saturated heterocycles. The van der Waals surface area contributed by atoms with Crippen molar-refractivity contribution in [3.05, 3.63) is 65.2 Å². The highest BCUT2D eigenvalue weighted by atomic mass is 16.5. The van der Waals surface area contributed by atoms with E-state index in [4.69, 9.17) is 4.74 Å².